The van der Waals surface area contributed by atoms with E-state index < -0.39 is 41.8 Å². The van der Waals surface area contributed by atoms with E-state index in [0.29, 0.717) is 11.3 Å². The van der Waals surface area contributed by atoms with Crippen molar-refractivity contribution in [3.63, 3.8) is 0 Å². The van der Waals surface area contributed by atoms with E-state index in [0.717, 1.165) is 22.8 Å². The lowest BCUT2D eigenvalue weighted by molar-refractivity contribution is -0.123. The number of rotatable bonds is 4. The van der Waals surface area contributed by atoms with Gasteiger partial charge in [-0.3, -0.25) is 14.2 Å². The lowest BCUT2D eigenvalue weighted by Crippen LogP contribution is -2.29. The molecule has 1 atom stereocenters. The van der Waals surface area contributed by atoms with Gasteiger partial charge in [0.1, 0.15) is 12.5 Å². The van der Waals surface area contributed by atoms with Gasteiger partial charge in [-0.1, -0.05) is 11.6 Å². The van der Waals surface area contributed by atoms with Crippen LogP contribution < -0.4 is 5.32 Å². The molecule has 0 spiro atoms. The first-order valence-electron chi connectivity index (χ1n) is 8.59. The maximum Gasteiger partial charge on any atom is 0.262 e. The monoisotopic (exact) mass is 422 g/mol. The first kappa shape index (κ1) is 20.8. The summed E-state index contributed by atoms with van der Waals surface area (Å²) in [5.74, 6) is -4.39. The van der Waals surface area contributed by atoms with Crippen molar-refractivity contribution in [2.45, 2.75) is 19.8 Å². The number of nitrogens with zero attached hydrogens (tertiary/aromatic N) is 1. The summed E-state index contributed by atoms with van der Waals surface area (Å²) >= 11 is 5.67. The number of benzene rings is 2. The molecule has 0 aliphatic rings. The van der Waals surface area contributed by atoms with Crippen molar-refractivity contribution in [2.24, 2.45) is 0 Å². The van der Waals surface area contributed by atoms with Crippen LogP contribution in [0.15, 0.2) is 30.3 Å². The molecule has 3 N–H and O–H groups in total. The van der Waals surface area contributed by atoms with E-state index in [1.54, 1.807) is 13.8 Å². The molecule has 3 aromatic rings. The molecule has 0 aliphatic carbocycles. The maximum atomic E-state index is 14.1. The molecular weight excluding hydrogens is 406 g/mol. The van der Waals surface area contributed by atoms with Gasteiger partial charge in [0, 0.05) is 22.7 Å². The number of aliphatic hydroxyl groups excluding tert-OH is 1. The molecule has 9 heteroatoms. The van der Waals surface area contributed by atoms with Gasteiger partial charge in [0.2, 0.25) is 5.91 Å². The molecule has 2 aromatic carbocycles. The number of phenolic OH excluding ortho intramolecular Hbond substituents is 1. The minimum absolute atomic E-state index is 0.0283. The molecule has 0 fully saturated rings. The van der Waals surface area contributed by atoms with Gasteiger partial charge in [0.25, 0.3) is 5.91 Å². The number of carbonyl (C=O) groups excluding carboxylic acids is 2. The lowest BCUT2D eigenvalue weighted by atomic mass is 9.97. The number of carbonyl (C=O) groups is 2. The molecule has 3 rings (SSSR count). The van der Waals surface area contributed by atoms with Crippen molar-refractivity contribution in [1.82, 2.24) is 9.88 Å². The third-order valence-corrected chi connectivity index (χ3v) is 5.08. The summed E-state index contributed by atoms with van der Waals surface area (Å²) < 4.78 is 29.1. The van der Waals surface area contributed by atoms with Crippen LogP contribution in [0.25, 0.3) is 10.9 Å². The summed E-state index contributed by atoms with van der Waals surface area (Å²) in [5, 5.41) is 21.2. The fourth-order valence-corrected chi connectivity index (χ4v) is 3.49. The Morgan fingerprint density at radius 2 is 1.90 bits per heavy atom. The minimum Gasteiger partial charge on any atom is -0.505 e. The van der Waals surface area contributed by atoms with Crippen LogP contribution in [0.3, 0.4) is 0 Å². The van der Waals surface area contributed by atoms with Gasteiger partial charge in [-0.15, -0.1) is 0 Å². The Balaban J connectivity index is 2.28. The summed E-state index contributed by atoms with van der Waals surface area (Å²) in [6.45, 7) is 2.52. The Morgan fingerprint density at radius 1 is 1.21 bits per heavy atom. The summed E-state index contributed by atoms with van der Waals surface area (Å²) in [6, 6.07) is 5.63. The number of aromatic hydroxyl groups is 1. The van der Waals surface area contributed by atoms with Crippen LogP contribution in [0.4, 0.5) is 8.78 Å². The van der Waals surface area contributed by atoms with E-state index in [1.807, 2.05) is 0 Å². The molecule has 0 unspecified atom stereocenters. The van der Waals surface area contributed by atoms with Gasteiger partial charge < -0.3 is 15.5 Å². The molecule has 1 aromatic heterocycles. The molecule has 152 valence electrons. The molecule has 0 bridgehead atoms. The van der Waals surface area contributed by atoms with Gasteiger partial charge in [-0.05, 0) is 43.7 Å². The molecule has 0 radical (unpaired) electrons. The van der Waals surface area contributed by atoms with E-state index in [4.69, 9.17) is 16.7 Å². The fourth-order valence-electron chi connectivity index (χ4n) is 3.38. The third kappa shape index (κ3) is 3.56. The van der Waals surface area contributed by atoms with E-state index in [1.165, 1.54) is 12.1 Å². The van der Waals surface area contributed by atoms with Crippen LogP contribution in [0.2, 0.25) is 5.02 Å². The number of aliphatic hydroxyl groups is 1. The number of hydrogen-bond donors (Lipinski definition) is 3. The zero-order valence-corrected chi connectivity index (χ0v) is 16.2. The highest BCUT2D eigenvalue weighted by molar-refractivity contribution is 6.30. The summed E-state index contributed by atoms with van der Waals surface area (Å²) in [7, 11) is 0. The summed E-state index contributed by atoms with van der Waals surface area (Å²) in [4.78, 5) is 25.4. The molecule has 6 nitrogen and oxygen atoms in total. The number of aromatic nitrogens is 1. The maximum absolute atomic E-state index is 14.1. The van der Waals surface area contributed by atoms with Crippen molar-refractivity contribution in [3.05, 3.63) is 63.8 Å². The predicted molar refractivity (Wildman–Crippen MR) is 103 cm³/mol. The first-order valence-corrected chi connectivity index (χ1v) is 8.96. The number of amides is 1. The van der Waals surface area contributed by atoms with Crippen LogP contribution in [-0.2, 0) is 4.79 Å². The summed E-state index contributed by atoms with van der Waals surface area (Å²) in [5.41, 5.74) is 0.756. The highest BCUT2D eigenvalue weighted by Gasteiger charge is 2.27. The van der Waals surface area contributed by atoms with E-state index in [-0.39, 0.29) is 21.5 Å². The van der Waals surface area contributed by atoms with Crippen molar-refractivity contribution in [2.75, 3.05) is 6.73 Å². The second-order valence-corrected chi connectivity index (χ2v) is 6.92. The van der Waals surface area contributed by atoms with Crippen LogP contribution in [-0.4, -0.2) is 33.3 Å². The fraction of sp³-hybridized carbons (Fsp3) is 0.200. The number of hydrogen-bond acceptors (Lipinski definition) is 4. The second-order valence-electron chi connectivity index (χ2n) is 6.51. The Bertz CT molecular complexity index is 1140. The van der Waals surface area contributed by atoms with E-state index in [2.05, 4.69) is 5.32 Å². The van der Waals surface area contributed by atoms with Crippen LogP contribution in [0.1, 0.15) is 34.5 Å². The van der Waals surface area contributed by atoms with Gasteiger partial charge in [-0.25, -0.2) is 8.78 Å². The molecular formula is C20H17ClF2N2O4. The zero-order chi connectivity index (χ0) is 21.5. The molecule has 1 amide bonds. The van der Waals surface area contributed by atoms with Crippen molar-refractivity contribution in [1.29, 1.82) is 0 Å². The first-order chi connectivity index (χ1) is 13.7. The van der Waals surface area contributed by atoms with Gasteiger partial charge in [-0.2, -0.15) is 0 Å². The van der Waals surface area contributed by atoms with Crippen LogP contribution in [0, 0.1) is 18.6 Å². The average Bonchev–Trinajstić information content (AvgIpc) is 2.94. The normalized spacial score (nSPS) is 12.2. The van der Waals surface area contributed by atoms with Crippen LogP contribution in [0.5, 0.6) is 5.75 Å². The zero-order valence-electron chi connectivity index (χ0n) is 15.5. The molecule has 0 aliphatic heterocycles. The quantitative estimate of drug-likeness (QED) is 0.562. The molecule has 1 heterocycles. The highest BCUT2D eigenvalue weighted by atomic mass is 35.5. The predicted octanol–water partition coefficient (Wildman–Crippen LogP) is 3.44. The highest BCUT2D eigenvalue weighted by Crippen LogP contribution is 2.36. The van der Waals surface area contributed by atoms with Gasteiger partial charge >= 0.3 is 0 Å². The number of nitrogens with one attached hydrogen (secondary N) is 1. The molecule has 0 saturated heterocycles. The molecule has 0 saturated carbocycles. The third-order valence-electron chi connectivity index (χ3n) is 4.77. The number of phenols is 1. The SMILES string of the molecule is Cc1c([C@H](C)C(=O)NCO)c2cc(O)c(F)cc2n1C(=O)c1ccc(Cl)c(F)c1. The second kappa shape index (κ2) is 7.81. The number of fused-ring (bicyclic) bond motifs is 1. The van der Waals surface area contributed by atoms with Gasteiger partial charge in [0.15, 0.2) is 11.6 Å². The smallest absolute Gasteiger partial charge is 0.262 e. The average molecular weight is 423 g/mol. The Kier molecular flexibility index (Phi) is 5.59. The standard InChI is InChI=1S/C20H17ClF2N2O4/c1-9(19(28)24-8-26)18-10(2)25(16-7-15(23)17(27)6-12(16)18)20(29)11-3-4-13(21)14(22)5-11/h3-7,9,26-27H,8H2,1-2H3,(H,24,28)/t9-/m0/s1. The Morgan fingerprint density at radius 3 is 2.52 bits per heavy atom. The molecule has 29 heavy (non-hydrogen) atoms. The minimum atomic E-state index is -0.953. The van der Waals surface area contributed by atoms with Crippen molar-refractivity contribution >= 4 is 34.3 Å². The number of halogens is 3. The topological polar surface area (TPSA) is 91.6 Å². The Hall–Kier alpha value is -2.97. The van der Waals surface area contributed by atoms with E-state index in [9.17, 15) is 23.5 Å². The van der Waals surface area contributed by atoms with Crippen molar-refractivity contribution < 1.29 is 28.6 Å². The lowest BCUT2D eigenvalue weighted by Gasteiger charge is -2.13. The van der Waals surface area contributed by atoms with Crippen molar-refractivity contribution in [3.8, 4) is 5.75 Å². The van der Waals surface area contributed by atoms with Gasteiger partial charge in [0.05, 0.1) is 16.5 Å². The van der Waals surface area contributed by atoms with E-state index >= 15 is 0 Å². The summed E-state index contributed by atoms with van der Waals surface area (Å²) in [6.07, 6.45) is 0. The van der Waals surface area contributed by atoms with Crippen LogP contribution >= 0.6 is 11.6 Å². The largest absolute Gasteiger partial charge is 0.505 e. The Labute approximate surface area is 169 Å².